The molecule has 1 heterocycles. The predicted octanol–water partition coefficient (Wildman–Crippen LogP) is 7.17. The van der Waals surface area contributed by atoms with Crippen LogP contribution in [0.25, 0.3) is 0 Å². The Kier molecular flexibility index (Phi) is 7.37. The van der Waals surface area contributed by atoms with Gasteiger partial charge in [-0.2, -0.15) is 0 Å². The van der Waals surface area contributed by atoms with Crippen LogP contribution < -0.4 is 0 Å². The quantitative estimate of drug-likeness (QED) is 0.282. The van der Waals surface area contributed by atoms with E-state index in [2.05, 4.69) is 40.3 Å². The van der Waals surface area contributed by atoms with Crippen molar-refractivity contribution in [1.29, 1.82) is 0 Å². The molecule has 38 heavy (non-hydrogen) atoms. The van der Waals surface area contributed by atoms with Crippen molar-refractivity contribution in [3.8, 4) is 0 Å². The molecule has 0 spiro atoms. The van der Waals surface area contributed by atoms with Gasteiger partial charge < -0.3 is 14.2 Å². The van der Waals surface area contributed by atoms with Crippen molar-refractivity contribution < 1.29 is 23.8 Å². The summed E-state index contributed by atoms with van der Waals surface area (Å²) in [6.07, 6.45) is 12.7. The second-order valence-corrected chi connectivity index (χ2v) is 13.7. The summed E-state index contributed by atoms with van der Waals surface area (Å²) in [6, 6.07) is 0. The molecule has 0 aromatic rings. The summed E-state index contributed by atoms with van der Waals surface area (Å²) in [6.45, 7) is 17.4. The molecule has 0 bridgehead atoms. The monoisotopic (exact) mass is 524 g/mol. The lowest BCUT2D eigenvalue weighted by atomic mass is 9.47. The molecule has 10 atom stereocenters. The Labute approximate surface area is 229 Å². The van der Waals surface area contributed by atoms with Crippen molar-refractivity contribution in [2.75, 3.05) is 6.61 Å². The van der Waals surface area contributed by atoms with Crippen LogP contribution >= 0.6 is 0 Å². The highest BCUT2D eigenvalue weighted by Gasteiger charge is 2.63. The van der Waals surface area contributed by atoms with Crippen LogP contribution in [0.3, 0.4) is 0 Å². The van der Waals surface area contributed by atoms with E-state index in [9.17, 15) is 9.59 Å². The largest absolute Gasteiger partial charge is 0.497 e. The number of carbonyl (C=O) groups is 2. The average Bonchev–Trinajstić information content (AvgIpc) is 3.14. The van der Waals surface area contributed by atoms with Crippen LogP contribution in [0.4, 0.5) is 0 Å². The van der Waals surface area contributed by atoms with Gasteiger partial charge in [0, 0.05) is 32.1 Å². The fourth-order valence-electron chi connectivity index (χ4n) is 9.85. The van der Waals surface area contributed by atoms with Gasteiger partial charge in [0.15, 0.2) is 0 Å². The fraction of sp³-hybridized carbons (Fsp3) is 0.758. The van der Waals surface area contributed by atoms with Gasteiger partial charge in [-0.25, -0.2) is 0 Å². The van der Waals surface area contributed by atoms with Gasteiger partial charge in [-0.1, -0.05) is 52.0 Å². The lowest BCUT2D eigenvalue weighted by Gasteiger charge is -2.58. The molecule has 5 heteroatoms. The number of rotatable bonds is 5. The second-order valence-electron chi connectivity index (χ2n) is 13.7. The number of carbonyl (C=O) groups excluding carboxylic acids is 2. The third-order valence-electron chi connectivity index (χ3n) is 11.4. The van der Waals surface area contributed by atoms with E-state index in [1.807, 2.05) is 6.08 Å². The molecule has 5 aliphatic rings. The van der Waals surface area contributed by atoms with Crippen LogP contribution in [0.15, 0.2) is 35.6 Å². The maximum absolute atomic E-state index is 12.3. The van der Waals surface area contributed by atoms with E-state index in [0.29, 0.717) is 23.7 Å². The van der Waals surface area contributed by atoms with Crippen LogP contribution in [-0.4, -0.2) is 30.8 Å². The molecule has 0 N–H and O–H groups in total. The Balaban J connectivity index is 1.46. The van der Waals surface area contributed by atoms with E-state index in [4.69, 9.17) is 14.2 Å². The first kappa shape index (κ1) is 27.5. The van der Waals surface area contributed by atoms with E-state index >= 15 is 0 Å². The highest BCUT2D eigenvalue weighted by atomic mass is 16.5. The zero-order valence-corrected chi connectivity index (χ0v) is 24.4. The number of fused-ring (bicyclic) bond motifs is 5. The molecule has 0 radical (unpaired) electrons. The van der Waals surface area contributed by atoms with Crippen molar-refractivity contribution in [2.45, 2.75) is 105 Å². The van der Waals surface area contributed by atoms with E-state index in [0.717, 1.165) is 57.3 Å². The van der Waals surface area contributed by atoms with Gasteiger partial charge in [-0.15, -0.1) is 0 Å². The van der Waals surface area contributed by atoms with E-state index in [1.54, 1.807) is 6.92 Å². The van der Waals surface area contributed by atoms with Crippen molar-refractivity contribution in [3.05, 3.63) is 35.6 Å². The predicted molar refractivity (Wildman–Crippen MR) is 148 cm³/mol. The smallest absolute Gasteiger partial charge is 0.302 e. The van der Waals surface area contributed by atoms with Crippen molar-refractivity contribution in [3.63, 3.8) is 0 Å². The minimum Gasteiger partial charge on any atom is -0.497 e. The van der Waals surface area contributed by atoms with Crippen LogP contribution in [-0.2, 0) is 23.8 Å². The molecule has 3 saturated carbocycles. The Bertz CT molecular complexity index is 1040. The second kappa shape index (κ2) is 10.2. The average molecular weight is 525 g/mol. The van der Waals surface area contributed by atoms with E-state index in [1.165, 1.54) is 24.5 Å². The SMILES string of the molecule is C=CC1=C([C@@H](C)[C@H]2[C@@H](OC(C)=O)C[C@H]3[C@@H]4CC=C5C[C@@H](OC(C)=O)CC[C@]5(C)[C@H]4CC[C@]23C)OC[C@H](C)C1. The Morgan fingerprint density at radius 2 is 1.84 bits per heavy atom. The molecule has 1 aliphatic heterocycles. The molecule has 5 nitrogen and oxygen atoms in total. The highest BCUT2D eigenvalue weighted by molar-refractivity contribution is 5.66. The van der Waals surface area contributed by atoms with Gasteiger partial charge in [-0.05, 0) is 85.0 Å². The van der Waals surface area contributed by atoms with Crippen LogP contribution in [0.5, 0.6) is 0 Å². The van der Waals surface area contributed by atoms with Crippen LogP contribution in [0.2, 0.25) is 0 Å². The van der Waals surface area contributed by atoms with Gasteiger partial charge in [0.1, 0.15) is 18.0 Å². The minimum absolute atomic E-state index is 0.0211. The minimum atomic E-state index is -0.177. The summed E-state index contributed by atoms with van der Waals surface area (Å²) in [5.74, 6) is 3.34. The lowest BCUT2D eigenvalue weighted by Crippen LogP contribution is -2.51. The topological polar surface area (TPSA) is 61.8 Å². The first-order valence-electron chi connectivity index (χ1n) is 15.0. The van der Waals surface area contributed by atoms with Gasteiger partial charge in [0.25, 0.3) is 0 Å². The number of esters is 2. The molecule has 0 unspecified atom stereocenters. The summed E-state index contributed by atoms with van der Waals surface area (Å²) < 4.78 is 18.2. The number of allylic oxidation sites excluding steroid dienone is 4. The Morgan fingerprint density at radius 3 is 2.53 bits per heavy atom. The summed E-state index contributed by atoms with van der Waals surface area (Å²) in [5, 5.41) is 0. The van der Waals surface area contributed by atoms with E-state index < -0.39 is 0 Å². The summed E-state index contributed by atoms with van der Waals surface area (Å²) >= 11 is 0. The van der Waals surface area contributed by atoms with E-state index in [-0.39, 0.29) is 46.8 Å². The summed E-state index contributed by atoms with van der Waals surface area (Å²) in [5.41, 5.74) is 2.98. The summed E-state index contributed by atoms with van der Waals surface area (Å²) in [7, 11) is 0. The number of ether oxygens (including phenoxy) is 3. The third-order valence-corrected chi connectivity index (χ3v) is 11.4. The Morgan fingerprint density at radius 1 is 1.11 bits per heavy atom. The highest BCUT2D eigenvalue weighted by Crippen LogP contribution is 2.68. The van der Waals surface area contributed by atoms with Gasteiger partial charge >= 0.3 is 11.9 Å². The number of hydrogen-bond acceptors (Lipinski definition) is 5. The normalized spacial score (nSPS) is 43.0. The zero-order valence-electron chi connectivity index (χ0n) is 24.4. The third kappa shape index (κ3) is 4.56. The molecule has 3 fully saturated rings. The van der Waals surface area contributed by atoms with Crippen molar-refractivity contribution >= 4 is 11.9 Å². The molecule has 4 aliphatic carbocycles. The standard InChI is InChI=1S/C33H48O5/c1-8-23-15-19(2)18-36-31(23)20(3)30-29(38-22(5)35)17-28-26-10-9-24-16-25(37-21(4)34)11-13-32(24,6)27(26)12-14-33(28,30)7/h8-9,19-20,25-30H,1,10-18H2,2-7H3/t19-,20+,25+,26-,27+,28+,29+,30+,32+,33+/m1/s1. The molecule has 0 aromatic heterocycles. The van der Waals surface area contributed by atoms with Crippen molar-refractivity contribution in [2.24, 2.45) is 46.3 Å². The first-order valence-corrected chi connectivity index (χ1v) is 15.0. The van der Waals surface area contributed by atoms with Crippen molar-refractivity contribution in [1.82, 2.24) is 0 Å². The molecule has 0 aromatic carbocycles. The molecular weight excluding hydrogens is 476 g/mol. The van der Waals surface area contributed by atoms with Gasteiger partial charge in [0.2, 0.25) is 0 Å². The first-order chi connectivity index (χ1) is 18.0. The molecule has 210 valence electrons. The number of hydrogen-bond donors (Lipinski definition) is 0. The molecule has 0 saturated heterocycles. The fourth-order valence-corrected chi connectivity index (χ4v) is 9.85. The lowest BCUT2D eigenvalue weighted by molar-refractivity contribution is -0.151. The maximum atomic E-state index is 12.3. The maximum Gasteiger partial charge on any atom is 0.302 e. The summed E-state index contributed by atoms with van der Waals surface area (Å²) in [4.78, 5) is 23.9. The molecule has 0 amide bonds. The van der Waals surface area contributed by atoms with Gasteiger partial charge in [-0.3, -0.25) is 9.59 Å². The Hall–Kier alpha value is -2.04. The molecular formula is C33H48O5. The van der Waals surface area contributed by atoms with Gasteiger partial charge in [0.05, 0.1) is 6.61 Å². The van der Waals surface area contributed by atoms with Crippen LogP contribution in [0.1, 0.15) is 92.9 Å². The molecule has 5 rings (SSSR count). The zero-order chi connectivity index (χ0) is 27.4. The van der Waals surface area contributed by atoms with Crippen LogP contribution in [0, 0.1) is 46.3 Å².